The quantitative estimate of drug-likeness (QED) is 0.479. The molecule has 1 aliphatic rings. The summed E-state index contributed by atoms with van der Waals surface area (Å²) >= 11 is 1.19. The van der Waals surface area contributed by atoms with Crippen molar-refractivity contribution in [1.29, 1.82) is 0 Å². The first kappa shape index (κ1) is 25.3. The molecule has 0 radical (unpaired) electrons. The van der Waals surface area contributed by atoms with E-state index in [1.54, 1.807) is 36.4 Å². The smallest absolute Gasteiger partial charge is 0.261 e. The summed E-state index contributed by atoms with van der Waals surface area (Å²) in [6, 6.07) is 13.4. The molecule has 0 amide bonds. The van der Waals surface area contributed by atoms with Crippen LogP contribution in [-0.2, 0) is 19.6 Å². The predicted octanol–water partition coefficient (Wildman–Crippen LogP) is 3.88. The normalized spacial score (nSPS) is 14.6. The first-order valence-corrected chi connectivity index (χ1v) is 13.3. The molecule has 0 atom stereocenters. The molecule has 178 valence electrons. The lowest BCUT2D eigenvalue weighted by molar-refractivity contribution is -0.109. The van der Waals surface area contributed by atoms with E-state index in [0.717, 1.165) is 50.4 Å². The topological polar surface area (TPSA) is 84.9 Å². The number of morpholine rings is 1. The van der Waals surface area contributed by atoms with Gasteiger partial charge in [0, 0.05) is 38.0 Å². The molecule has 2 aromatic rings. The van der Waals surface area contributed by atoms with Crippen molar-refractivity contribution in [3.05, 3.63) is 60.7 Å². The fourth-order valence-corrected chi connectivity index (χ4v) is 4.88. The third-order valence-corrected chi connectivity index (χ3v) is 7.42. The van der Waals surface area contributed by atoms with Gasteiger partial charge in [-0.15, -0.1) is 0 Å². The number of sulfonamides is 1. The molecular weight excluding hydrogens is 460 g/mol. The van der Waals surface area contributed by atoms with Gasteiger partial charge in [0.05, 0.1) is 24.7 Å². The van der Waals surface area contributed by atoms with Crippen molar-refractivity contribution in [2.75, 3.05) is 49.9 Å². The van der Waals surface area contributed by atoms with E-state index in [1.165, 1.54) is 30.8 Å². The fraction of sp³-hybridized carbons (Fsp3) is 0.375. The number of rotatable bonds is 11. The maximum atomic E-state index is 12.7. The van der Waals surface area contributed by atoms with Crippen LogP contribution in [0.4, 0.5) is 5.69 Å². The van der Waals surface area contributed by atoms with Crippen LogP contribution in [0.2, 0.25) is 0 Å². The summed E-state index contributed by atoms with van der Waals surface area (Å²) in [6.45, 7) is 10.5. The molecule has 1 aliphatic heterocycles. The first-order chi connectivity index (χ1) is 15.8. The summed E-state index contributed by atoms with van der Waals surface area (Å²) in [5.41, 5.74) is 2.13. The highest BCUT2D eigenvalue weighted by Gasteiger charge is 2.15. The largest absolute Gasteiger partial charge is 0.494 e. The Bertz CT molecular complexity index is 1030. The minimum atomic E-state index is -3.72. The van der Waals surface area contributed by atoms with Crippen LogP contribution in [0.15, 0.2) is 60.0 Å². The average Bonchev–Trinajstić information content (AvgIpc) is 2.81. The molecule has 0 aliphatic carbocycles. The molecular formula is C24H30N2O5S2. The molecule has 9 heteroatoms. The number of nitrogens with zero attached hydrogens (tertiary/aromatic N) is 1. The molecule has 1 N–H and O–H groups in total. The second-order valence-corrected chi connectivity index (χ2v) is 10.5. The molecule has 1 saturated heterocycles. The van der Waals surface area contributed by atoms with Gasteiger partial charge in [-0.2, -0.15) is 0 Å². The Morgan fingerprint density at radius 3 is 2.42 bits per heavy atom. The van der Waals surface area contributed by atoms with Gasteiger partial charge in [-0.3, -0.25) is 14.4 Å². The van der Waals surface area contributed by atoms with Gasteiger partial charge in [-0.05, 0) is 54.0 Å². The minimum Gasteiger partial charge on any atom is -0.494 e. The average molecular weight is 491 g/mol. The lowest BCUT2D eigenvalue weighted by Gasteiger charge is -2.26. The number of ether oxygens (including phenoxy) is 2. The second kappa shape index (κ2) is 12.2. The van der Waals surface area contributed by atoms with E-state index >= 15 is 0 Å². The van der Waals surface area contributed by atoms with Crippen molar-refractivity contribution in [3.8, 4) is 5.75 Å². The van der Waals surface area contributed by atoms with Gasteiger partial charge in [-0.1, -0.05) is 30.5 Å². The van der Waals surface area contributed by atoms with Gasteiger partial charge in [0.2, 0.25) is 0 Å². The molecule has 0 unspecified atom stereocenters. The van der Waals surface area contributed by atoms with Crippen molar-refractivity contribution in [2.24, 2.45) is 0 Å². The van der Waals surface area contributed by atoms with E-state index in [9.17, 15) is 13.2 Å². The van der Waals surface area contributed by atoms with Gasteiger partial charge in [-0.25, -0.2) is 8.42 Å². The molecule has 3 rings (SSSR count). The van der Waals surface area contributed by atoms with Crippen molar-refractivity contribution in [1.82, 2.24) is 4.90 Å². The zero-order valence-corrected chi connectivity index (χ0v) is 20.4. The number of benzene rings is 2. The van der Waals surface area contributed by atoms with E-state index in [4.69, 9.17) is 9.47 Å². The lowest BCUT2D eigenvalue weighted by atomic mass is 10.1. The summed E-state index contributed by atoms with van der Waals surface area (Å²) in [7, 11) is -3.72. The molecule has 7 nitrogen and oxygen atoms in total. The molecule has 1 heterocycles. The van der Waals surface area contributed by atoms with Crippen molar-refractivity contribution >= 4 is 38.2 Å². The summed E-state index contributed by atoms with van der Waals surface area (Å²) < 4.78 is 39.1. The number of carbonyl (C=O) groups is 1. The van der Waals surface area contributed by atoms with Gasteiger partial charge in [0.15, 0.2) is 5.12 Å². The number of anilines is 1. The molecule has 0 saturated carbocycles. The van der Waals surface area contributed by atoms with Crippen LogP contribution in [-0.4, -0.2) is 63.6 Å². The Labute approximate surface area is 200 Å². The van der Waals surface area contributed by atoms with E-state index in [1.807, 2.05) is 0 Å². The molecule has 0 spiro atoms. The highest BCUT2D eigenvalue weighted by atomic mass is 32.2. The predicted molar refractivity (Wildman–Crippen MR) is 133 cm³/mol. The Morgan fingerprint density at radius 2 is 1.79 bits per heavy atom. The zero-order valence-electron chi connectivity index (χ0n) is 18.8. The van der Waals surface area contributed by atoms with Gasteiger partial charge >= 0.3 is 0 Å². The Hall–Kier alpha value is -2.33. The van der Waals surface area contributed by atoms with Crippen LogP contribution in [0.25, 0.3) is 5.57 Å². The monoisotopic (exact) mass is 490 g/mol. The molecule has 1 fully saturated rings. The summed E-state index contributed by atoms with van der Waals surface area (Å²) in [6.07, 6.45) is 0.900. The highest BCUT2D eigenvalue weighted by molar-refractivity contribution is 8.13. The maximum absolute atomic E-state index is 12.7. The number of thioether (sulfide) groups is 1. The van der Waals surface area contributed by atoms with E-state index < -0.39 is 10.0 Å². The number of hydrogen-bond donors (Lipinski definition) is 1. The standard InChI is InChI=1S/C24H30N2O5S2/c1-19(18-32-20(2)27)21-4-6-22(7-5-21)25-33(28,29)24-10-8-23(9-11-24)31-15-3-12-26-13-16-30-17-14-26/h4-11,25H,1,3,12-18H2,2H3. The van der Waals surface area contributed by atoms with Crippen LogP contribution in [0.5, 0.6) is 5.75 Å². The lowest BCUT2D eigenvalue weighted by Crippen LogP contribution is -2.37. The van der Waals surface area contributed by atoms with Crippen molar-refractivity contribution in [3.63, 3.8) is 0 Å². The van der Waals surface area contributed by atoms with Gasteiger partial charge < -0.3 is 9.47 Å². The van der Waals surface area contributed by atoms with E-state index in [0.29, 0.717) is 23.8 Å². The molecule has 33 heavy (non-hydrogen) atoms. The first-order valence-electron chi connectivity index (χ1n) is 10.8. The van der Waals surface area contributed by atoms with Crippen LogP contribution < -0.4 is 9.46 Å². The molecule has 0 bridgehead atoms. The van der Waals surface area contributed by atoms with Crippen LogP contribution >= 0.6 is 11.8 Å². The van der Waals surface area contributed by atoms with Crippen molar-refractivity contribution in [2.45, 2.75) is 18.2 Å². The van der Waals surface area contributed by atoms with E-state index in [2.05, 4.69) is 16.2 Å². The number of carbonyl (C=O) groups excluding carboxylic acids is 1. The SMILES string of the molecule is C=C(CSC(C)=O)c1ccc(NS(=O)(=O)c2ccc(OCCCN3CCOCC3)cc2)cc1. The summed E-state index contributed by atoms with van der Waals surface area (Å²) in [5.74, 6) is 1.14. The summed E-state index contributed by atoms with van der Waals surface area (Å²) in [4.78, 5) is 13.6. The summed E-state index contributed by atoms with van der Waals surface area (Å²) in [5, 5.41) is 0.0323. The van der Waals surface area contributed by atoms with Crippen molar-refractivity contribution < 1.29 is 22.7 Å². The third-order valence-electron chi connectivity index (χ3n) is 5.12. The number of nitrogens with one attached hydrogen (secondary N) is 1. The van der Waals surface area contributed by atoms with Crippen LogP contribution in [0.3, 0.4) is 0 Å². The fourth-order valence-electron chi connectivity index (χ4n) is 3.28. The van der Waals surface area contributed by atoms with Crippen LogP contribution in [0, 0.1) is 0 Å². The van der Waals surface area contributed by atoms with Gasteiger partial charge in [0.25, 0.3) is 10.0 Å². The zero-order chi connectivity index (χ0) is 23.7. The van der Waals surface area contributed by atoms with Gasteiger partial charge in [0.1, 0.15) is 5.75 Å². The number of hydrogen-bond acceptors (Lipinski definition) is 7. The third kappa shape index (κ3) is 8.19. The molecule has 2 aromatic carbocycles. The van der Waals surface area contributed by atoms with E-state index in [-0.39, 0.29) is 10.0 Å². The highest BCUT2D eigenvalue weighted by Crippen LogP contribution is 2.23. The molecule has 0 aromatic heterocycles. The second-order valence-electron chi connectivity index (χ2n) is 7.69. The minimum absolute atomic E-state index is 0.0323. The Morgan fingerprint density at radius 1 is 1.12 bits per heavy atom. The Kier molecular flexibility index (Phi) is 9.37. The van der Waals surface area contributed by atoms with Crippen LogP contribution in [0.1, 0.15) is 18.9 Å². The maximum Gasteiger partial charge on any atom is 0.261 e. The Balaban J connectivity index is 1.49.